The van der Waals surface area contributed by atoms with Crippen molar-refractivity contribution in [2.24, 2.45) is 0 Å². The zero-order chi connectivity index (χ0) is 12.3. The summed E-state index contributed by atoms with van der Waals surface area (Å²) in [6.07, 6.45) is 1.61. The van der Waals surface area contributed by atoms with Crippen LogP contribution < -0.4 is 10.5 Å². The van der Waals surface area contributed by atoms with Crippen molar-refractivity contribution in [3.63, 3.8) is 0 Å². The zero-order valence-corrected chi connectivity index (χ0v) is 9.21. The van der Waals surface area contributed by atoms with Gasteiger partial charge in [-0.25, -0.2) is 9.97 Å². The summed E-state index contributed by atoms with van der Waals surface area (Å²) in [6.45, 7) is 1.84. The molecule has 1 aromatic heterocycles. The van der Waals surface area contributed by atoms with Crippen molar-refractivity contribution < 1.29 is 4.74 Å². The minimum Gasteiger partial charge on any atom is -0.422 e. The largest absolute Gasteiger partial charge is 0.422 e. The van der Waals surface area contributed by atoms with E-state index in [1.165, 1.54) is 0 Å². The minimum atomic E-state index is 0.237. The first-order valence-corrected chi connectivity index (χ1v) is 4.96. The standard InChI is InChI=1S/C12H10N4O/c1-8-4-5-15-12(16-8)17-11-3-2-9(7-13)6-10(11)14/h2-6H,14H2,1H3. The van der Waals surface area contributed by atoms with Crippen LogP contribution in [0.4, 0.5) is 5.69 Å². The van der Waals surface area contributed by atoms with Crippen molar-refractivity contribution in [1.29, 1.82) is 5.26 Å². The zero-order valence-electron chi connectivity index (χ0n) is 9.21. The summed E-state index contributed by atoms with van der Waals surface area (Å²) < 4.78 is 5.43. The van der Waals surface area contributed by atoms with Crippen LogP contribution in [0.1, 0.15) is 11.3 Å². The van der Waals surface area contributed by atoms with Crippen LogP contribution in [0.15, 0.2) is 30.5 Å². The quantitative estimate of drug-likeness (QED) is 0.792. The van der Waals surface area contributed by atoms with Gasteiger partial charge in [-0.05, 0) is 31.2 Å². The van der Waals surface area contributed by atoms with Crippen LogP contribution in [0, 0.1) is 18.3 Å². The van der Waals surface area contributed by atoms with Gasteiger partial charge in [-0.3, -0.25) is 0 Å². The van der Waals surface area contributed by atoms with E-state index < -0.39 is 0 Å². The number of nitriles is 1. The summed E-state index contributed by atoms with van der Waals surface area (Å²) in [7, 11) is 0. The van der Waals surface area contributed by atoms with Crippen LogP contribution in [0.5, 0.6) is 11.8 Å². The van der Waals surface area contributed by atoms with Crippen LogP contribution in [0.25, 0.3) is 0 Å². The monoisotopic (exact) mass is 226 g/mol. The molecule has 0 amide bonds. The molecule has 2 aromatic rings. The van der Waals surface area contributed by atoms with Gasteiger partial charge in [0, 0.05) is 11.9 Å². The lowest BCUT2D eigenvalue weighted by atomic mass is 10.2. The molecule has 0 saturated heterocycles. The van der Waals surface area contributed by atoms with Crippen LogP contribution in [-0.4, -0.2) is 9.97 Å². The third kappa shape index (κ3) is 2.49. The SMILES string of the molecule is Cc1ccnc(Oc2ccc(C#N)cc2N)n1. The molecule has 2 N–H and O–H groups in total. The maximum Gasteiger partial charge on any atom is 0.322 e. The van der Waals surface area contributed by atoms with E-state index in [9.17, 15) is 0 Å². The molecule has 0 spiro atoms. The molecule has 0 bridgehead atoms. The van der Waals surface area contributed by atoms with E-state index in [-0.39, 0.29) is 6.01 Å². The molecule has 0 saturated carbocycles. The fourth-order valence-electron chi connectivity index (χ4n) is 1.28. The first kappa shape index (κ1) is 10.9. The van der Waals surface area contributed by atoms with Gasteiger partial charge >= 0.3 is 6.01 Å². The summed E-state index contributed by atoms with van der Waals surface area (Å²) in [6, 6.07) is 8.81. The van der Waals surface area contributed by atoms with Crippen LogP contribution in [0.2, 0.25) is 0 Å². The summed E-state index contributed by atoms with van der Waals surface area (Å²) in [4.78, 5) is 8.06. The van der Waals surface area contributed by atoms with Crippen molar-refractivity contribution in [2.45, 2.75) is 6.92 Å². The van der Waals surface area contributed by atoms with Crippen LogP contribution in [-0.2, 0) is 0 Å². The molecule has 5 nitrogen and oxygen atoms in total. The highest BCUT2D eigenvalue weighted by atomic mass is 16.5. The second-order valence-corrected chi connectivity index (χ2v) is 3.45. The normalized spacial score (nSPS) is 9.65. The van der Waals surface area contributed by atoms with E-state index in [0.717, 1.165) is 5.69 Å². The van der Waals surface area contributed by atoms with Crippen molar-refractivity contribution in [2.75, 3.05) is 5.73 Å². The van der Waals surface area contributed by atoms with Crippen molar-refractivity contribution in [3.8, 4) is 17.8 Å². The van der Waals surface area contributed by atoms with Gasteiger partial charge in [0.1, 0.15) is 0 Å². The Hall–Kier alpha value is -2.61. The van der Waals surface area contributed by atoms with Gasteiger partial charge in [-0.15, -0.1) is 0 Å². The number of aromatic nitrogens is 2. The van der Waals surface area contributed by atoms with Crippen molar-refractivity contribution in [3.05, 3.63) is 41.7 Å². The lowest BCUT2D eigenvalue weighted by Gasteiger charge is -2.06. The summed E-state index contributed by atoms with van der Waals surface area (Å²) >= 11 is 0. The Morgan fingerprint density at radius 1 is 1.35 bits per heavy atom. The smallest absolute Gasteiger partial charge is 0.322 e. The van der Waals surface area contributed by atoms with Gasteiger partial charge in [-0.2, -0.15) is 5.26 Å². The first-order chi connectivity index (χ1) is 8.19. The third-order valence-electron chi connectivity index (χ3n) is 2.11. The number of hydrogen-bond donors (Lipinski definition) is 1. The van der Waals surface area contributed by atoms with Crippen LogP contribution in [0.3, 0.4) is 0 Å². The maximum atomic E-state index is 8.71. The molecular weight excluding hydrogens is 216 g/mol. The minimum absolute atomic E-state index is 0.237. The topological polar surface area (TPSA) is 84.8 Å². The number of anilines is 1. The van der Waals surface area contributed by atoms with Gasteiger partial charge in [-0.1, -0.05) is 0 Å². The molecule has 0 unspecified atom stereocenters. The molecular formula is C12H10N4O. The molecule has 1 aromatic carbocycles. The second-order valence-electron chi connectivity index (χ2n) is 3.45. The molecule has 5 heteroatoms. The number of benzene rings is 1. The summed E-state index contributed by atoms with van der Waals surface area (Å²) in [5.74, 6) is 0.439. The highest BCUT2D eigenvalue weighted by molar-refractivity contribution is 5.57. The molecule has 17 heavy (non-hydrogen) atoms. The van der Waals surface area contributed by atoms with Gasteiger partial charge in [0.05, 0.1) is 17.3 Å². The molecule has 0 atom stereocenters. The number of rotatable bonds is 2. The lowest BCUT2D eigenvalue weighted by Crippen LogP contribution is -1.96. The predicted molar refractivity (Wildman–Crippen MR) is 62.4 cm³/mol. The Kier molecular flexibility index (Phi) is 2.88. The van der Waals surface area contributed by atoms with E-state index >= 15 is 0 Å². The maximum absolute atomic E-state index is 8.71. The summed E-state index contributed by atoms with van der Waals surface area (Å²) in [5, 5.41) is 8.71. The molecule has 0 aliphatic rings. The Morgan fingerprint density at radius 2 is 2.18 bits per heavy atom. The van der Waals surface area contributed by atoms with Gasteiger partial charge < -0.3 is 10.5 Å². The number of nitrogens with two attached hydrogens (primary N) is 1. The molecule has 84 valence electrons. The van der Waals surface area contributed by atoms with Gasteiger partial charge in [0.25, 0.3) is 0 Å². The number of nitrogen functional groups attached to an aromatic ring is 1. The van der Waals surface area contributed by atoms with E-state index in [4.69, 9.17) is 15.7 Å². The Labute approximate surface area is 98.5 Å². The van der Waals surface area contributed by atoms with E-state index in [1.807, 2.05) is 13.0 Å². The van der Waals surface area contributed by atoms with Crippen LogP contribution >= 0.6 is 0 Å². The summed E-state index contributed by atoms with van der Waals surface area (Å²) in [5.41, 5.74) is 7.43. The molecule has 0 aliphatic carbocycles. The number of nitrogens with zero attached hydrogens (tertiary/aromatic N) is 3. The van der Waals surface area contributed by atoms with Crippen molar-refractivity contribution >= 4 is 5.69 Å². The molecule has 0 radical (unpaired) electrons. The predicted octanol–water partition coefficient (Wildman–Crippen LogP) is 2.03. The average molecular weight is 226 g/mol. The third-order valence-corrected chi connectivity index (χ3v) is 2.11. The molecule has 1 heterocycles. The number of ether oxygens (including phenoxy) is 1. The first-order valence-electron chi connectivity index (χ1n) is 4.96. The fourth-order valence-corrected chi connectivity index (χ4v) is 1.28. The molecule has 2 rings (SSSR count). The molecule has 0 aliphatic heterocycles. The highest BCUT2D eigenvalue weighted by Crippen LogP contribution is 2.25. The van der Waals surface area contributed by atoms with Gasteiger partial charge in [0.15, 0.2) is 5.75 Å². The Bertz CT molecular complexity index is 589. The van der Waals surface area contributed by atoms with E-state index in [2.05, 4.69) is 9.97 Å². The molecule has 0 fully saturated rings. The van der Waals surface area contributed by atoms with Gasteiger partial charge in [0.2, 0.25) is 0 Å². The second kappa shape index (κ2) is 4.49. The Balaban J connectivity index is 2.28. The van der Waals surface area contributed by atoms with E-state index in [0.29, 0.717) is 17.0 Å². The lowest BCUT2D eigenvalue weighted by molar-refractivity contribution is 0.442. The fraction of sp³-hybridized carbons (Fsp3) is 0.0833. The highest BCUT2D eigenvalue weighted by Gasteiger charge is 2.05. The van der Waals surface area contributed by atoms with Crippen molar-refractivity contribution in [1.82, 2.24) is 9.97 Å². The van der Waals surface area contributed by atoms with E-state index in [1.54, 1.807) is 30.5 Å². The number of hydrogen-bond acceptors (Lipinski definition) is 5. The average Bonchev–Trinajstić information content (AvgIpc) is 2.32. The Morgan fingerprint density at radius 3 is 2.82 bits per heavy atom. The number of aryl methyl sites for hydroxylation is 1.